The van der Waals surface area contributed by atoms with E-state index in [9.17, 15) is 0 Å². The maximum Gasteiger partial charge on any atom is 0.163 e. The van der Waals surface area contributed by atoms with Crippen LogP contribution < -0.4 is 5.32 Å². The number of rotatable bonds is 5. The number of anilines is 1. The van der Waals surface area contributed by atoms with E-state index in [1.165, 1.54) is 0 Å². The van der Waals surface area contributed by atoms with E-state index in [2.05, 4.69) is 39.2 Å². The van der Waals surface area contributed by atoms with Gasteiger partial charge in [-0.15, -0.1) is 0 Å². The van der Waals surface area contributed by atoms with Gasteiger partial charge in [-0.1, -0.05) is 12.1 Å². The van der Waals surface area contributed by atoms with Crippen molar-refractivity contribution in [2.75, 3.05) is 5.32 Å². The number of nitrogens with zero attached hydrogens (tertiary/aromatic N) is 6. The zero-order valence-electron chi connectivity index (χ0n) is 14.6. The van der Waals surface area contributed by atoms with Crippen molar-refractivity contribution in [2.45, 2.75) is 25.9 Å². The molecule has 1 aromatic carbocycles. The average molecular weight is 345 g/mol. The van der Waals surface area contributed by atoms with Gasteiger partial charge in [-0.2, -0.15) is 5.10 Å². The summed E-state index contributed by atoms with van der Waals surface area (Å²) in [5, 5.41) is 8.74. The Bertz CT molecular complexity index is 999. The van der Waals surface area contributed by atoms with Gasteiger partial charge in [0.1, 0.15) is 18.5 Å². The summed E-state index contributed by atoms with van der Waals surface area (Å²) in [6, 6.07) is 12.0. The number of fused-ring (bicyclic) bond motifs is 1. The Morgan fingerprint density at radius 2 is 1.88 bits per heavy atom. The van der Waals surface area contributed by atoms with Crippen LogP contribution in [0.1, 0.15) is 19.9 Å². The first-order valence-corrected chi connectivity index (χ1v) is 8.50. The van der Waals surface area contributed by atoms with Crippen LogP contribution in [0, 0.1) is 0 Å². The number of pyridine rings is 1. The molecule has 0 saturated carbocycles. The summed E-state index contributed by atoms with van der Waals surface area (Å²) >= 11 is 0. The van der Waals surface area contributed by atoms with Crippen LogP contribution >= 0.6 is 0 Å². The SMILES string of the molecule is C[C@H](Nc1nc(-c2cccnc2)nc2ccccc12)[C@@H](C)n1cncn1. The summed E-state index contributed by atoms with van der Waals surface area (Å²) in [6.07, 6.45) is 6.78. The normalized spacial score (nSPS) is 13.5. The molecule has 7 heteroatoms. The first-order chi connectivity index (χ1) is 12.7. The summed E-state index contributed by atoms with van der Waals surface area (Å²) in [4.78, 5) is 17.7. The molecule has 0 amide bonds. The smallest absolute Gasteiger partial charge is 0.163 e. The Kier molecular flexibility index (Phi) is 4.27. The van der Waals surface area contributed by atoms with E-state index in [4.69, 9.17) is 4.98 Å². The molecule has 7 nitrogen and oxygen atoms in total. The van der Waals surface area contributed by atoms with Crippen molar-refractivity contribution >= 4 is 16.7 Å². The number of para-hydroxylation sites is 1. The fraction of sp³-hybridized carbons (Fsp3) is 0.211. The lowest BCUT2D eigenvalue weighted by Crippen LogP contribution is -2.27. The largest absolute Gasteiger partial charge is 0.365 e. The summed E-state index contributed by atoms with van der Waals surface area (Å²) < 4.78 is 1.84. The van der Waals surface area contributed by atoms with Crippen molar-refractivity contribution in [1.29, 1.82) is 0 Å². The lowest BCUT2D eigenvalue weighted by molar-refractivity contribution is 0.442. The first kappa shape index (κ1) is 16.1. The van der Waals surface area contributed by atoms with Crippen LogP contribution in [0.5, 0.6) is 0 Å². The minimum Gasteiger partial charge on any atom is -0.365 e. The van der Waals surface area contributed by atoms with Crippen LogP contribution in [0.3, 0.4) is 0 Å². The highest BCUT2D eigenvalue weighted by Gasteiger charge is 2.17. The van der Waals surface area contributed by atoms with Gasteiger partial charge in [0.15, 0.2) is 5.82 Å². The van der Waals surface area contributed by atoms with Crippen LogP contribution in [0.15, 0.2) is 61.4 Å². The van der Waals surface area contributed by atoms with Gasteiger partial charge in [-0.05, 0) is 38.1 Å². The molecule has 0 fully saturated rings. The van der Waals surface area contributed by atoms with E-state index in [0.29, 0.717) is 5.82 Å². The molecule has 0 bridgehead atoms. The lowest BCUT2D eigenvalue weighted by atomic mass is 10.1. The molecule has 26 heavy (non-hydrogen) atoms. The van der Waals surface area contributed by atoms with Crippen molar-refractivity contribution in [2.24, 2.45) is 0 Å². The highest BCUT2D eigenvalue weighted by molar-refractivity contribution is 5.90. The molecule has 0 aliphatic rings. The van der Waals surface area contributed by atoms with Crippen LogP contribution in [-0.2, 0) is 0 Å². The van der Waals surface area contributed by atoms with Crippen molar-refractivity contribution in [3.05, 3.63) is 61.4 Å². The molecule has 0 unspecified atom stereocenters. The van der Waals surface area contributed by atoms with Crippen molar-refractivity contribution in [3.63, 3.8) is 0 Å². The molecule has 0 radical (unpaired) electrons. The van der Waals surface area contributed by atoms with E-state index < -0.39 is 0 Å². The minimum absolute atomic E-state index is 0.0942. The summed E-state index contributed by atoms with van der Waals surface area (Å²) in [5.41, 5.74) is 1.78. The number of hydrogen-bond acceptors (Lipinski definition) is 6. The summed E-state index contributed by atoms with van der Waals surface area (Å²) in [6.45, 7) is 4.20. The van der Waals surface area contributed by atoms with Crippen molar-refractivity contribution in [3.8, 4) is 11.4 Å². The van der Waals surface area contributed by atoms with Gasteiger partial charge in [0, 0.05) is 29.4 Å². The maximum absolute atomic E-state index is 4.77. The van der Waals surface area contributed by atoms with Crippen LogP contribution in [-0.4, -0.2) is 35.8 Å². The quantitative estimate of drug-likeness (QED) is 0.597. The summed E-state index contributed by atoms with van der Waals surface area (Å²) in [7, 11) is 0. The Hall–Kier alpha value is -3.35. The van der Waals surface area contributed by atoms with Gasteiger partial charge >= 0.3 is 0 Å². The van der Waals surface area contributed by atoms with Gasteiger partial charge in [0.05, 0.1) is 11.6 Å². The predicted octanol–water partition coefficient (Wildman–Crippen LogP) is 3.34. The molecule has 130 valence electrons. The van der Waals surface area contributed by atoms with Gasteiger partial charge in [-0.25, -0.2) is 19.6 Å². The molecule has 0 spiro atoms. The number of hydrogen-bond donors (Lipinski definition) is 1. The Morgan fingerprint density at radius 1 is 1.00 bits per heavy atom. The molecule has 0 aliphatic heterocycles. The molecule has 2 atom stereocenters. The third-order valence-electron chi connectivity index (χ3n) is 4.46. The van der Waals surface area contributed by atoms with E-state index in [0.717, 1.165) is 22.3 Å². The molecular formula is C19H19N7. The van der Waals surface area contributed by atoms with Gasteiger partial charge in [-0.3, -0.25) is 4.98 Å². The minimum atomic E-state index is 0.0942. The van der Waals surface area contributed by atoms with E-state index in [1.807, 2.05) is 41.1 Å². The zero-order valence-corrected chi connectivity index (χ0v) is 14.6. The first-order valence-electron chi connectivity index (χ1n) is 8.50. The van der Waals surface area contributed by atoms with Crippen LogP contribution in [0.25, 0.3) is 22.3 Å². The summed E-state index contributed by atoms with van der Waals surface area (Å²) in [5.74, 6) is 1.45. The molecule has 3 heterocycles. The fourth-order valence-corrected chi connectivity index (χ4v) is 2.80. The van der Waals surface area contributed by atoms with Gasteiger partial charge in [0.25, 0.3) is 0 Å². The molecule has 0 aliphatic carbocycles. The number of nitrogens with one attached hydrogen (secondary N) is 1. The molecule has 4 rings (SSSR count). The number of benzene rings is 1. The van der Waals surface area contributed by atoms with Gasteiger partial charge in [0.2, 0.25) is 0 Å². The van der Waals surface area contributed by atoms with Crippen LogP contribution in [0.2, 0.25) is 0 Å². The third kappa shape index (κ3) is 3.11. The maximum atomic E-state index is 4.77. The van der Waals surface area contributed by atoms with E-state index >= 15 is 0 Å². The van der Waals surface area contributed by atoms with E-state index in [1.54, 1.807) is 25.0 Å². The average Bonchev–Trinajstić information content (AvgIpc) is 3.22. The number of aromatic nitrogens is 6. The second-order valence-electron chi connectivity index (χ2n) is 6.20. The van der Waals surface area contributed by atoms with Gasteiger partial charge < -0.3 is 5.32 Å². The lowest BCUT2D eigenvalue weighted by Gasteiger charge is -2.22. The third-order valence-corrected chi connectivity index (χ3v) is 4.46. The Morgan fingerprint density at radius 3 is 2.65 bits per heavy atom. The van der Waals surface area contributed by atoms with Crippen LogP contribution in [0.4, 0.5) is 5.82 Å². The highest BCUT2D eigenvalue weighted by atomic mass is 15.3. The topological polar surface area (TPSA) is 81.4 Å². The highest BCUT2D eigenvalue weighted by Crippen LogP contribution is 2.26. The Balaban J connectivity index is 1.73. The van der Waals surface area contributed by atoms with Crippen molar-refractivity contribution in [1.82, 2.24) is 29.7 Å². The molecule has 3 aromatic heterocycles. The molecule has 0 saturated heterocycles. The predicted molar refractivity (Wildman–Crippen MR) is 101 cm³/mol. The second kappa shape index (κ2) is 6.87. The van der Waals surface area contributed by atoms with Crippen molar-refractivity contribution < 1.29 is 0 Å². The van der Waals surface area contributed by atoms with E-state index in [-0.39, 0.29) is 12.1 Å². The molecule has 4 aromatic rings. The Labute approximate surface area is 151 Å². The molecular weight excluding hydrogens is 326 g/mol. The fourth-order valence-electron chi connectivity index (χ4n) is 2.80. The molecule has 1 N–H and O–H groups in total. The second-order valence-corrected chi connectivity index (χ2v) is 6.20. The monoisotopic (exact) mass is 345 g/mol. The standard InChI is InChI=1S/C19H19N7/c1-13(14(2)26-12-21-11-22-26)23-19-16-7-3-4-8-17(16)24-18(25-19)15-6-5-9-20-10-15/h3-14H,1-2H3,(H,23,24,25)/t13-,14+/m0/s1. The zero-order chi connectivity index (χ0) is 17.9.